The minimum absolute atomic E-state index is 0.211. The normalized spacial score (nSPS) is 17.1. The Hall–Kier alpha value is -2.39. The van der Waals surface area contributed by atoms with Gasteiger partial charge < -0.3 is 10.1 Å². The molecule has 0 unspecified atom stereocenters. The molecule has 0 spiro atoms. The van der Waals surface area contributed by atoms with Gasteiger partial charge in [0.15, 0.2) is 5.69 Å². The monoisotopic (exact) mass is 399 g/mol. The molecule has 1 amide bonds. The Morgan fingerprint density at radius 3 is 2.86 bits per heavy atom. The van der Waals surface area contributed by atoms with Crippen LogP contribution in [0.25, 0.3) is 0 Å². The van der Waals surface area contributed by atoms with E-state index in [0.717, 1.165) is 57.2 Å². The van der Waals surface area contributed by atoms with Crippen LogP contribution in [0.3, 0.4) is 0 Å². The number of rotatable bonds is 7. The minimum Gasteiger partial charge on any atom is -0.379 e. The molecule has 1 aliphatic heterocycles. The number of morpholine rings is 1. The van der Waals surface area contributed by atoms with Crippen molar-refractivity contribution in [3.05, 3.63) is 34.7 Å². The predicted octanol–water partition coefficient (Wildman–Crippen LogP) is 0.560. The number of nitrogens with zero attached hydrogens (tertiary/aromatic N) is 6. The van der Waals surface area contributed by atoms with E-state index < -0.39 is 0 Å². The van der Waals surface area contributed by atoms with Crippen LogP contribution in [-0.4, -0.2) is 75.2 Å². The number of amides is 1. The fourth-order valence-electron chi connectivity index (χ4n) is 3.91. The molecule has 2 aromatic rings. The molecule has 9 heteroatoms. The number of carbonyl (C=O) groups excluding carboxylic acids is 1. The third-order valence-electron chi connectivity index (χ3n) is 5.59. The maximum absolute atomic E-state index is 12.4. The molecule has 0 bridgehead atoms. The molecule has 0 radical (unpaired) electrons. The van der Waals surface area contributed by atoms with Crippen molar-refractivity contribution in [3.63, 3.8) is 0 Å². The fraction of sp³-hybridized carbons (Fsp3) is 0.650. The smallest absolute Gasteiger partial charge is 0.273 e. The summed E-state index contributed by atoms with van der Waals surface area (Å²) in [7, 11) is 0. The second-order valence-corrected chi connectivity index (χ2v) is 7.68. The Balaban J connectivity index is 1.25. The van der Waals surface area contributed by atoms with Gasteiger partial charge in [-0.3, -0.25) is 14.4 Å². The van der Waals surface area contributed by atoms with Crippen LogP contribution in [-0.2, 0) is 30.5 Å². The van der Waals surface area contributed by atoms with Crippen LogP contribution in [0.4, 0.5) is 0 Å². The number of hydrogen-bond acceptors (Lipinski definition) is 7. The summed E-state index contributed by atoms with van der Waals surface area (Å²) in [4.78, 5) is 24.0. The molecule has 9 nitrogen and oxygen atoms in total. The van der Waals surface area contributed by atoms with Crippen LogP contribution < -0.4 is 5.32 Å². The maximum atomic E-state index is 12.4. The molecular formula is C20H29N7O2. The molecule has 0 aromatic carbocycles. The Bertz CT molecular complexity index is 845. The molecule has 1 saturated heterocycles. The molecule has 0 saturated carbocycles. The largest absolute Gasteiger partial charge is 0.379 e. The Labute approximate surface area is 170 Å². The van der Waals surface area contributed by atoms with E-state index >= 15 is 0 Å². The molecule has 0 atom stereocenters. The summed E-state index contributed by atoms with van der Waals surface area (Å²) in [5, 5.41) is 11.0. The van der Waals surface area contributed by atoms with Gasteiger partial charge in [-0.1, -0.05) is 5.21 Å². The van der Waals surface area contributed by atoms with Gasteiger partial charge in [-0.05, 0) is 38.2 Å². The van der Waals surface area contributed by atoms with Gasteiger partial charge in [0.05, 0.1) is 26.0 Å². The minimum atomic E-state index is -0.211. The van der Waals surface area contributed by atoms with Crippen molar-refractivity contribution >= 4 is 5.91 Å². The first-order chi connectivity index (χ1) is 14.2. The van der Waals surface area contributed by atoms with Crippen molar-refractivity contribution in [1.82, 2.24) is 35.2 Å². The van der Waals surface area contributed by atoms with Crippen molar-refractivity contribution in [2.45, 2.75) is 45.6 Å². The number of carbonyl (C=O) groups is 1. The lowest BCUT2D eigenvalue weighted by molar-refractivity contribution is 0.0359. The Morgan fingerprint density at radius 2 is 2.00 bits per heavy atom. The van der Waals surface area contributed by atoms with E-state index in [1.165, 1.54) is 24.1 Å². The lowest BCUT2D eigenvalue weighted by Crippen LogP contribution is -2.38. The van der Waals surface area contributed by atoms with Crippen LogP contribution in [0.1, 0.15) is 46.1 Å². The number of fused-ring (bicyclic) bond motifs is 1. The van der Waals surface area contributed by atoms with Gasteiger partial charge in [0, 0.05) is 44.0 Å². The van der Waals surface area contributed by atoms with Crippen molar-refractivity contribution in [1.29, 1.82) is 0 Å². The van der Waals surface area contributed by atoms with E-state index in [2.05, 4.69) is 32.4 Å². The molecular weight excluding hydrogens is 370 g/mol. The van der Waals surface area contributed by atoms with E-state index in [0.29, 0.717) is 25.2 Å². The number of aryl methyl sites for hydroxylation is 2. The first-order valence-electron chi connectivity index (χ1n) is 10.5. The third-order valence-corrected chi connectivity index (χ3v) is 5.59. The average Bonchev–Trinajstić information content (AvgIpc) is 3.22. The van der Waals surface area contributed by atoms with Crippen molar-refractivity contribution in [2.24, 2.45) is 0 Å². The highest BCUT2D eigenvalue weighted by Gasteiger charge is 2.16. The molecule has 29 heavy (non-hydrogen) atoms. The van der Waals surface area contributed by atoms with E-state index in [1.807, 2.05) is 0 Å². The summed E-state index contributed by atoms with van der Waals surface area (Å²) < 4.78 is 7.07. The average molecular weight is 399 g/mol. The summed E-state index contributed by atoms with van der Waals surface area (Å²) in [5.74, 6) is 0.593. The summed E-state index contributed by atoms with van der Waals surface area (Å²) in [6, 6.07) is 0. The third kappa shape index (κ3) is 5.16. The van der Waals surface area contributed by atoms with Crippen molar-refractivity contribution < 1.29 is 9.53 Å². The van der Waals surface area contributed by atoms with Gasteiger partial charge in [0.2, 0.25) is 0 Å². The lowest BCUT2D eigenvalue weighted by Gasteiger charge is -2.26. The van der Waals surface area contributed by atoms with Crippen LogP contribution in [0.15, 0.2) is 6.20 Å². The van der Waals surface area contributed by atoms with Gasteiger partial charge >= 0.3 is 0 Å². The van der Waals surface area contributed by atoms with Crippen LogP contribution in [0, 0.1) is 6.92 Å². The maximum Gasteiger partial charge on any atom is 0.273 e. The zero-order valence-electron chi connectivity index (χ0n) is 17.1. The first-order valence-corrected chi connectivity index (χ1v) is 10.5. The van der Waals surface area contributed by atoms with E-state index in [4.69, 9.17) is 9.72 Å². The quantitative estimate of drug-likeness (QED) is 0.726. The van der Waals surface area contributed by atoms with E-state index in [-0.39, 0.29) is 5.91 Å². The van der Waals surface area contributed by atoms with Gasteiger partial charge in [0.1, 0.15) is 5.82 Å². The Kier molecular flexibility index (Phi) is 6.46. The lowest BCUT2D eigenvalue weighted by atomic mass is 9.95. The van der Waals surface area contributed by atoms with Crippen molar-refractivity contribution in [2.75, 3.05) is 39.4 Å². The topological polar surface area (TPSA) is 98.1 Å². The standard InChI is InChI=1S/C20H29N7O2/c1-15-16-4-2-3-5-17(16)23-19(22-15)6-7-21-20(28)18-14-27(25-24-18)9-8-26-10-12-29-13-11-26/h14H,2-13H2,1H3,(H,21,28). The highest BCUT2D eigenvalue weighted by atomic mass is 16.5. The summed E-state index contributed by atoms with van der Waals surface area (Å²) in [6.07, 6.45) is 6.85. The second kappa shape index (κ2) is 9.41. The zero-order valence-corrected chi connectivity index (χ0v) is 17.1. The van der Waals surface area contributed by atoms with Gasteiger partial charge in [0.25, 0.3) is 5.91 Å². The van der Waals surface area contributed by atoms with Crippen LogP contribution >= 0.6 is 0 Å². The summed E-state index contributed by atoms with van der Waals surface area (Å²) in [6.45, 7) is 7.56. The number of hydrogen-bond donors (Lipinski definition) is 1. The molecule has 1 aliphatic carbocycles. The van der Waals surface area contributed by atoms with E-state index in [1.54, 1.807) is 10.9 Å². The van der Waals surface area contributed by atoms with Crippen molar-refractivity contribution in [3.8, 4) is 0 Å². The summed E-state index contributed by atoms with van der Waals surface area (Å²) in [5.41, 5.74) is 3.93. The molecule has 2 aromatic heterocycles. The van der Waals surface area contributed by atoms with Crippen LogP contribution in [0.5, 0.6) is 0 Å². The molecule has 1 fully saturated rings. The highest BCUT2D eigenvalue weighted by molar-refractivity contribution is 5.91. The predicted molar refractivity (Wildman–Crippen MR) is 107 cm³/mol. The second-order valence-electron chi connectivity index (χ2n) is 7.68. The number of nitrogens with one attached hydrogen (secondary N) is 1. The summed E-state index contributed by atoms with van der Waals surface area (Å²) >= 11 is 0. The molecule has 1 N–H and O–H groups in total. The van der Waals surface area contributed by atoms with Gasteiger partial charge in [-0.2, -0.15) is 0 Å². The zero-order chi connectivity index (χ0) is 20.1. The number of ether oxygens (including phenoxy) is 1. The van der Waals surface area contributed by atoms with Gasteiger partial charge in [-0.15, -0.1) is 5.10 Å². The van der Waals surface area contributed by atoms with E-state index in [9.17, 15) is 4.79 Å². The van der Waals surface area contributed by atoms with Crippen LogP contribution in [0.2, 0.25) is 0 Å². The van der Waals surface area contributed by atoms with Gasteiger partial charge in [-0.25, -0.2) is 9.97 Å². The molecule has 3 heterocycles. The molecule has 4 rings (SSSR count). The molecule has 2 aliphatic rings. The fourth-order valence-corrected chi connectivity index (χ4v) is 3.91. The SMILES string of the molecule is Cc1nc(CCNC(=O)c2cn(CCN3CCOCC3)nn2)nc2c1CCCC2. The molecule has 156 valence electrons. The highest BCUT2D eigenvalue weighted by Crippen LogP contribution is 2.21. The number of aromatic nitrogens is 5. The first kappa shape index (κ1) is 19.9. The Morgan fingerprint density at radius 1 is 1.17 bits per heavy atom.